The number of aromatic hydroxyl groups is 1. The largest absolute Gasteiger partial charge is 0.506 e. The lowest BCUT2D eigenvalue weighted by molar-refractivity contribution is -0.137. The number of phenolic OH excluding ortho intramolecular Hbond substituents is 1. The second-order valence-corrected chi connectivity index (χ2v) is 2.82. The van der Waals surface area contributed by atoms with Crippen molar-refractivity contribution in [1.82, 2.24) is 0 Å². The smallest absolute Gasteiger partial charge is 0.418 e. The number of phenols is 1. The summed E-state index contributed by atoms with van der Waals surface area (Å²) in [6.45, 7) is 4.00. The van der Waals surface area contributed by atoms with Gasteiger partial charge in [-0.1, -0.05) is 25.4 Å². The SMILES string of the molecule is CC.Nc1c(O)cc(Cl)cc1C(F)(F)F. The van der Waals surface area contributed by atoms with E-state index < -0.39 is 23.2 Å². The van der Waals surface area contributed by atoms with Gasteiger partial charge in [-0.25, -0.2) is 0 Å². The molecule has 2 nitrogen and oxygen atoms in total. The van der Waals surface area contributed by atoms with E-state index in [-0.39, 0.29) is 5.02 Å². The fourth-order valence-corrected chi connectivity index (χ4v) is 1.05. The Morgan fingerprint density at radius 3 is 2.13 bits per heavy atom. The summed E-state index contributed by atoms with van der Waals surface area (Å²) in [5.41, 5.74) is 3.17. The molecular formula is C9H11ClF3NO. The van der Waals surface area contributed by atoms with E-state index in [1.54, 1.807) is 0 Å². The average molecular weight is 242 g/mol. The monoisotopic (exact) mass is 241 g/mol. The molecule has 0 unspecified atom stereocenters. The molecular weight excluding hydrogens is 231 g/mol. The van der Waals surface area contributed by atoms with Crippen molar-refractivity contribution in [3.05, 3.63) is 22.7 Å². The van der Waals surface area contributed by atoms with E-state index in [1.807, 2.05) is 13.8 Å². The first-order valence-electron chi connectivity index (χ1n) is 4.17. The molecule has 0 aromatic heterocycles. The van der Waals surface area contributed by atoms with Gasteiger partial charge in [0.25, 0.3) is 0 Å². The quantitative estimate of drug-likeness (QED) is 0.538. The van der Waals surface area contributed by atoms with Crippen LogP contribution in [0, 0.1) is 0 Å². The Morgan fingerprint density at radius 1 is 1.27 bits per heavy atom. The highest BCUT2D eigenvalue weighted by Gasteiger charge is 2.34. The first-order valence-corrected chi connectivity index (χ1v) is 4.55. The summed E-state index contributed by atoms with van der Waals surface area (Å²) in [5.74, 6) is -0.667. The molecule has 1 rings (SSSR count). The lowest BCUT2D eigenvalue weighted by Gasteiger charge is -2.11. The predicted molar refractivity (Wildman–Crippen MR) is 53.9 cm³/mol. The van der Waals surface area contributed by atoms with E-state index in [0.717, 1.165) is 6.07 Å². The summed E-state index contributed by atoms with van der Waals surface area (Å²) in [4.78, 5) is 0. The summed E-state index contributed by atoms with van der Waals surface area (Å²) < 4.78 is 36.5. The Balaban J connectivity index is 0.000000921. The van der Waals surface area contributed by atoms with Gasteiger partial charge in [0.2, 0.25) is 0 Å². The van der Waals surface area contributed by atoms with Crippen molar-refractivity contribution in [2.45, 2.75) is 20.0 Å². The van der Waals surface area contributed by atoms with Gasteiger partial charge in [-0.15, -0.1) is 0 Å². The van der Waals surface area contributed by atoms with Crippen LogP contribution < -0.4 is 5.73 Å². The van der Waals surface area contributed by atoms with E-state index in [9.17, 15) is 13.2 Å². The summed E-state index contributed by atoms with van der Waals surface area (Å²) in [6.07, 6.45) is -4.60. The molecule has 0 saturated heterocycles. The van der Waals surface area contributed by atoms with Gasteiger partial charge in [-0.05, 0) is 6.07 Å². The molecule has 15 heavy (non-hydrogen) atoms. The fraction of sp³-hybridized carbons (Fsp3) is 0.333. The van der Waals surface area contributed by atoms with Gasteiger partial charge < -0.3 is 10.8 Å². The van der Waals surface area contributed by atoms with Gasteiger partial charge in [0.15, 0.2) is 0 Å². The molecule has 0 heterocycles. The topological polar surface area (TPSA) is 46.2 Å². The summed E-state index contributed by atoms with van der Waals surface area (Å²) in [5, 5.41) is 8.73. The van der Waals surface area contributed by atoms with E-state index in [0.29, 0.717) is 6.07 Å². The molecule has 0 saturated carbocycles. The Labute approximate surface area is 90.5 Å². The number of rotatable bonds is 0. The van der Waals surface area contributed by atoms with Crippen molar-refractivity contribution in [1.29, 1.82) is 0 Å². The Hall–Kier alpha value is -1.10. The standard InChI is InChI=1S/C7H5ClF3NO.C2H6/c8-3-1-4(7(9,10)11)6(12)5(13)2-3;1-2/h1-2,13H,12H2;1-2H3. The Bertz CT molecular complexity index is 339. The van der Waals surface area contributed by atoms with Crippen LogP contribution in [0.3, 0.4) is 0 Å². The van der Waals surface area contributed by atoms with Gasteiger partial charge in [0.05, 0.1) is 11.3 Å². The minimum absolute atomic E-state index is 0.209. The van der Waals surface area contributed by atoms with Crippen LogP contribution in [0.4, 0.5) is 18.9 Å². The van der Waals surface area contributed by atoms with Gasteiger partial charge in [0, 0.05) is 11.1 Å². The molecule has 0 amide bonds. The van der Waals surface area contributed by atoms with Gasteiger partial charge in [-0.2, -0.15) is 13.2 Å². The van der Waals surface area contributed by atoms with Crippen LogP contribution in [0.25, 0.3) is 0 Å². The zero-order chi connectivity index (χ0) is 12.2. The van der Waals surface area contributed by atoms with E-state index in [2.05, 4.69) is 0 Å². The molecule has 0 radical (unpaired) electrons. The van der Waals surface area contributed by atoms with Crippen molar-refractivity contribution in [3.8, 4) is 5.75 Å². The minimum Gasteiger partial charge on any atom is -0.506 e. The number of hydrogen-bond donors (Lipinski definition) is 2. The van der Waals surface area contributed by atoms with Crippen LogP contribution in [0.5, 0.6) is 5.75 Å². The highest BCUT2D eigenvalue weighted by atomic mass is 35.5. The van der Waals surface area contributed by atoms with Crippen LogP contribution in [-0.2, 0) is 6.18 Å². The second kappa shape index (κ2) is 5.11. The van der Waals surface area contributed by atoms with Gasteiger partial charge in [0.1, 0.15) is 5.75 Å². The fourth-order valence-electron chi connectivity index (χ4n) is 0.838. The predicted octanol–water partition coefficient (Wildman–Crippen LogP) is 3.67. The Morgan fingerprint density at radius 2 is 1.73 bits per heavy atom. The molecule has 3 N–H and O–H groups in total. The molecule has 86 valence electrons. The van der Waals surface area contributed by atoms with E-state index in [1.165, 1.54) is 0 Å². The molecule has 6 heteroatoms. The van der Waals surface area contributed by atoms with Crippen molar-refractivity contribution in [3.63, 3.8) is 0 Å². The Kier molecular flexibility index (Phi) is 4.74. The lowest BCUT2D eigenvalue weighted by Crippen LogP contribution is -2.08. The number of alkyl halides is 3. The van der Waals surface area contributed by atoms with Crippen LogP contribution in [0.1, 0.15) is 19.4 Å². The van der Waals surface area contributed by atoms with Crippen molar-refractivity contribution >= 4 is 17.3 Å². The summed E-state index contributed by atoms with van der Waals surface area (Å²) in [7, 11) is 0. The van der Waals surface area contributed by atoms with Crippen molar-refractivity contribution in [2.75, 3.05) is 5.73 Å². The van der Waals surface area contributed by atoms with Crippen LogP contribution in [0.2, 0.25) is 5.02 Å². The molecule has 0 spiro atoms. The van der Waals surface area contributed by atoms with Crippen molar-refractivity contribution in [2.24, 2.45) is 0 Å². The summed E-state index contributed by atoms with van der Waals surface area (Å²) >= 11 is 5.31. The molecule has 0 aliphatic carbocycles. The average Bonchev–Trinajstić information content (AvgIpc) is 2.13. The highest BCUT2D eigenvalue weighted by molar-refractivity contribution is 6.30. The van der Waals surface area contributed by atoms with Crippen LogP contribution in [0.15, 0.2) is 12.1 Å². The third-order valence-corrected chi connectivity index (χ3v) is 1.65. The number of hydrogen-bond acceptors (Lipinski definition) is 2. The third-order valence-electron chi connectivity index (χ3n) is 1.43. The minimum atomic E-state index is -4.60. The van der Waals surface area contributed by atoms with E-state index >= 15 is 0 Å². The molecule has 0 aliphatic rings. The maximum Gasteiger partial charge on any atom is 0.418 e. The molecule has 0 aliphatic heterocycles. The maximum atomic E-state index is 12.2. The first kappa shape index (κ1) is 13.9. The van der Waals surface area contributed by atoms with Crippen molar-refractivity contribution < 1.29 is 18.3 Å². The summed E-state index contributed by atoms with van der Waals surface area (Å²) in [6, 6.07) is 1.61. The molecule has 0 atom stereocenters. The first-order chi connectivity index (χ1) is 6.82. The maximum absolute atomic E-state index is 12.2. The number of benzene rings is 1. The highest BCUT2D eigenvalue weighted by Crippen LogP contribution is 2.39. The number of halogens is 4. The second-order valence-electron chi connectivity index (χ2n) is 2.38. The molecule has 1 aromatic carbocycles. The third kappa shape index (κ3) is 3.51. The molecule has 0 fully saturated rings. The lowest BCUT2D eigenvalue weighted by atomic mass is 10.1. The number of nitrogen functional groups attached to an aromatic ring is 1. The molecule has 1 aromatic rings. The molecule has 0 bridgehead atoms. The number of anilines is 1. The zero-order valence-electron chi connectivity index (χ0n) is 8.19. The number of nitrogens with two attached hydrogens (primary N) is 1. The van der Waals surface area contributed by atoms with Crippen LogP contribution in [-0.4, -0.2) is 5.11 Å². The van der Waals surface area contributed by atoms with Gasteiger partial charge in [-0.3, -0.25) is 0 Å². The van der Waals surface area contributed by atoms with Crippen LogP contribution >= 0.6 is 11.6 Å². The normalized spacial score (nSPS) is 10.5. The van der Waals surface area contributed by atoms with E-state index in [4.69, 9.17) is 22.4 Å². The zero-order valence-corrected chi connectivity index (χ0v) is 8.95. The van der Waals surface area contributed by atoms with Gasteiger partial charge >= 0.3 is 6.18 Å².